The normalized spacial score (nSPS) is 19.4. The summed E-state index contributed by atoms with van der Waals surface area (Å²) in [4.78, 5) is 18.3. The van der Waals surface area contributed by atoms with Crippen LogP contribution >= 0.6 is 0 Å². The first-order valence-electron chi connectivity index (χ1n) is 11.5. The SMILES string of the molecule is COc1ccc2cc(CN(Cc3nnnn3CC3CCCO3)C3CCCC3)c(=O)[nH]c2c1. The van der Waals surface area contributed by atoms with Crippen molar-refractivity contribution >= 4 is 10.9 Å². The molecule has 2 fully saturated rings. The van der Waals surface area contributed by atoms with Crippen molar-refractivity contribution in [3.8, 4) is 5.75 Å². The molecule has 9 nitrogen and oxygen atoms in total. The van der Waals surface area contributed by atoms with E-state index in [1.54, 1.807) is 7.11 Å². The molecule has 1 N–H and O–H groups in total. The molecule has 3 heterocycles. The molecule has 1 unspecified atom stereocenters. The first kappa shape index (κ1) is 21.1. The van der Waals surface area contributed by atoms with Crippen molar-refractivity contribution in [1.29, 1.82) is 0 Å². The fourth-order valence-corrected chi connectivity index (χ4v) is 4.91. The Kier molecular flexibility index (Phi) is 6.18. The second-order valence-electron chi connectivity index (χ2n) is 8.83. The van der Waals surface area contributed by atoms with Gasteiger partial charge < -0.3 is 14.5 Å². The third-order valence-corrected chi connectivity index (χ3v) is 6.70. The largest absolute Gasteiger partial charge is 0.497 e. The Morgan fingerprint density at radius 1 is 1.19 bits per heavy atom. The summed E-state index contributed by atoms with van der Waals surface area (Å²) in [5, 5.41) is 13.4. The Bertz CT molecular complexity index is 1110. The summed E-state index contributed by atoms with van der Waals surface area (Å²) in [6.07, 6.45) is 7.02. The molecule has 32 heavy (non-hydrogen) atoms. The minimum Gasteiger partial charge on any atom is -0.497 e. The average Bonchev–Trinajstić information content (AvgIpc) is 3.58. The van der Waals surface area contributed by atoms with Gasteiger partial charge in [0.1, 0.15) is 5.75 Å². The van der Waals surface area contributed by atoms with Crippen LogP contribution in [0.2, 0.25) is 0 Å². The lowest BCUT2D eigenvalue weighted by molar-refractivity contribution is 0.0906. The molecule has 3 aromatic rings. The number of aromatic amines is 1. The molecule has 0 bridgehead atoms. The van der Waals surface area contributed by atoms with Crippen molar-refractivity contribution in [3.63, 3.8) is 0 Å². The number of aromatic nitrogens is 5. The highest BCUT2D eigenvalue weighted by molar-refractivity contribution is 5.80. The van der Waals surface area contributed by atoms with Gasteiger partial charge in [-0.25, -0.2) is 4.68 Å². The summed E-state index contributed by atoms with van der Waals surface area (Å²) in [6, 6.07) is 8.17. The van der Waals surface area contributed by atoms with Crippen molar-refractivity contribution in [2.24, 2.45) is 0 Å². The molecule has 2 aromatic heterocycles. The lowest BCUT2D eigenvalue weighted by Gasteiger charge is -2.28. The highest BCUT2D eigenvalue weighted by atomic mass is 16.5. The van der Waals surface area contributed by atoms with E-state index in [2.05, 4.69) is 25.4 Å². The maximum atomic E-state index is 12.9. The highest BCUT2D eigenvalue weighted by Gasteiger charge is 2.26. The number of hydrogen-bond donors (Lipinski definition) is 1. The molecular formula is C23H30N6O3. The van der Waals surface area contributed by atoms with Gasteiger partial charge in [0.15, 0.2) is 5.82 Å². The minimum atomic E-state index is -0.0623. The quantitative estimate of drug-likeness (QED) is 0.577. The van der Waals surface area contributed by atoms with Crippen molar-refractivity contribution in [2.75, 3.05) is 13.7 Å². The van der Waals surface area contributed by atoms with Gasteiger partial charge in [0, 0.05) is 30.8 Å². The zero-order valence-corrected chi connectivity index (χ0v) is 18.5. The maximum Gasteiger partial charge on any atom is 0.252 e. The first-order chi connectivity index (χ1) is 15.7. The standard InChI is InChI=1S/C23H30N6O3/c1-31-19-9-8-16-11-17(23(30)24-21(16)12-19)13-28(18-5-2-3-6-18)15-22-25-26-27-29(22)14-20-7-4-10-32-20/h8-9,11-12,18,20H,2-7,10,13-15H2,1H3,(H,24,30). The predicted molar refractivity (Wildman–Crippen MR) is 119 cm³/mol. The Morgan fingerprint density at radius 2 is 2.06 bits per heavy atom. The summed E-state index contributed by atoms with van der Waals surface area (Å²) < 4.78 is 12.9. The van der Waals surface area contributed by atoms with Crippen LogP contribution in [0.25, 0.3) is 10.9 Å². The van der Waals surface area contributed by atoms with Gasteiger partial charge in [-0.1, -0.05) is 12.8 Å². The summed E-state index contributed by atoms with van der Waals surface area (Å²) in [6.45, 7) is 2.67. The zero-order chi connectivity index (χ0) is 21.9. The van der Waals surface area contributed by atoms with Gasteiger partial charge in [0.2, 0.25) is 0 Å². The summed E-state index contributed by atoms with van der Waals surface area (Å²) in [7, 11) is 1.62. The summed E-state index contributed by atoms with van der Waals surface area (Å²) >= 11 is 0. The number of nitrogens with one attached hydrogen (secondary N) is 1. The average molecular weight is 439 g/mol. The summed E-state index contributed by atoms with van der Waals surface area (Å²) in [5.74, 6) is 1.56. The number of pyridine rings is 1. The monoisotopic (exact) mass is 438 g/mol. The number of benzene rings is 1. The predicted octanol–water partition coefficient (Wildman–Crippen LogP) is 2.65. The van der Waals surface area contributed by atoms with Crippen LogP contribution in [-0.4, -0.2) is 56.0 Å². The maximum absolute atomic E-state index is 12.9. The van der Waals surface area contributed by atoms with E-state index in [1.807, 2.05) is 28.9 Å². The molecule has 1 atom stereocenters. The third kappa shape index (κ3) is 4.54. The Balaban J connectivity index is 1.39. The van der Waals surface area contributed by atoms with E-state index in [0.717, 1.165) is 60.3 Å². The fourth-order valence-electron chi connectivity index (χ4n) is 4.91. The van der Waals surface area contributed by atoms with Crippen LogP contribution in [0, 0.1) is 0 Å². The number of methoxy groups -OCH3 is 1. The first-order valence-corrected chi connectivity index (χ1v) is 11.5. The number of tetrazole rings is 1. The van der Waals surface area contributed by atoms with Crippen LogP contribution in [0.1, 0.15) is 49.9 Å². The molecule has 5 rings (SSSR count). The highest BCUT2D eigenvalue weighted by Crippen LogP contribution is 2.27. The van der Waals surface area contributed by atoms with E-state index < -0.39 is 0 Å². The van der Waals surface area contributed by atoms with Crippen molar-refractivity contribution in [1.82, 2.24) is 30.1 Å². The Hall–Kier alpha value is -2.78. The zero-order valence-electron chi connectivity index (χ0n) is 18.5. The van der Waals surface area contributed by atoms with Crippen LogP contribution in [0.4, 0.5) is 0 Å². The van der Waals surface area contributed by atoms with E-state index >= 15 is 0 Å². The van der Waals surface area contributed by atoms with Crippen LogP contribution in [-0.2, 0) is 24.4 Å². The third-order valence-electron chi connectivity index (χ3n) is 6.70. The molecule has 0 spiro atoms. The van der Waals surface area contributed by atoms with Gasteiger partial charge in [-0.3, -0.25) is 9.69 Å². The molecule has 1 aliphatic heterocycles. The van der Waals surface area contributed by atoms with Gasteiger partial charge in [0.25, 0.3) is 5.56 Å². The molecule has 9 heteroatoms. The molecule has 1 aliphatic carbocycles. The number of hydrogen-bond acceptors (Lipinski definition) is 7. The summed E-state index contributed by atoms with van der Waals surface area (Å²) in [5.41, 5.74) is 1.48. The molecule has 0 radical (unpaired) electrons. The molecule has 2 aliphatic rings. The van der Waals surface area contributed by atoms with Crippen molar-refractivity contribution in [2.45, 2.75) is 70.3 Å². The topological polar surface area (TPSA) is 98.2 Å². The van der Waals surface area contributed by atoms with Crippen LogP contribution < -0.4 is 10.3 Å². The van der Waals surface area contributed by atoms with Crippen LogP contribution in [0.5, 0.6) is 5.75 Å². The number of rotatable bonds is 8. The minimum absolute atomic E-state index is 0.0623. The molecule has 170 valence electrons. The van der Waals surface area contributed by atoms with Gasteiger partial charge in [-0.2, -0.15) is 0 Å². The van der Waals surface area contributed by atoms with Crippen molar-refractivity contribution < 1.29 is 9.47 Å². The number of fused-ring (bicyclic) bond motifs is 1. The van der Waals surface area contributed by atoms with Gasteiger partial charge in [0.05, 0.1) is 31.8 Å². The smallest absolute Gasteiger partial charge is 0.252 e. The molecule has 1 saturated heterocycles. The molecule has 0 amide bonds. The van der Waals surface area contributed by atoms with Gasteiger partial charge >= 0.3 is 0 Å². The second kappa shape index (κ2) is 9.38. The molecule has 1 saturated carbocycles. The van der Waals surface area contributed by atoms with Crippen LogP contribution in [0.3, 0.4) is 0 Å². The van der Waals surface area contributed by atoms with E-state index in [1.165, 1.54) is 12.8 Å². The lowest BCUT2D eigenvalue weighted by Crippen LogP contribution is -2.35. The number of nitrogens with zero attached hydrogens (tertiary/aromatic N) is 5. The van der Waals surface area contributed by atoms with Crippen LogP contribution in [0.15, 0.2) is 29.1 Å². The number of ether oxygens (including phenoxy) is 2. The fraction of sp³-hybridized carbons (Fsp3) is 0.565. The Morgan fingerprint density at radius 3 is 2.84 bits per heavy atom. The van der Waals surface area contributed by atoms with E-state index in [0.29, 0.717) is 25.7 Å². The second-order valence-corrected chi connectivity index (χ2v) is 8.83. The van der Waals surface area contributed by atoms with Gasteiger partial charge in [-0.15, -0.1) is 5.10 Å². The van der Waals surface area contributed by atoms with E-state index in [9.17, 15) is 4.79 Å². The van der Waals surface area contributed by atoms with E-state index in [-0.39, 0.29) is 11.7 Å². The van der Waals surface area contributed by atoms with Gasteiger partial charge in [-0.05, 0) is 59.7 Å². The van der Waals surface area contributed by atoms with Crippen molar-refractivity contribution in [3.05, 3.63) is 46.0 Å². The Labute approximate surface area is 186 Å². The lowest BCUT2D eigenvalue weighted by atomic mass is 10.1. The number of H-pyrrole nitrogens is 1. The molecular weight excluding hydrogens is 408 g/mol. The molecule has 1 aromatic carbocycles. The van der Waals surface area contributed by atoms with E-state index in [4.69, 9.17) is 9.47 Å².